The van der Waals surface area contributed by atoms with Crippen LogP contribution in [0.1, 0.15) is 0 Å². The third kappa shape index (κ3) is 3.19. The molecule has 0 aliphatic carbocycles. The lowest BCUT2D eigenvalue weighted by atomic mass is 10.2. The van der Waals surface area contributed by atoms with Crippen LogP contribution in [0.2, 0.25) is 0 Å². The summed E-state index contributed by atoms with van der Waals surface area (Å²) in [6.07, 6.45) is 3.37. The molecule has 5 heteroatoms. The quantitative estimate of drug-likeness (QED) is 0.883. The Labute approximate surface area is 112 Å². The summed E-state index contributed by atoms with van der Waals surface area (Å²) in [4.78, 5) is 10.6. The molecule has 1 N–H and O–H groups in total. The molecule has 2 aromatic rings. The highest BCUT2D eigenvalue weighted by atomic mass is 16.5. The molecule has 1 aliphatic rings. The largest absolute Gasteiger partial charge is 0.492 e. The molecule has 1 saturated heterocycles. The second-order valence-corrected chi connectivity index (χ2v) is 4.68. The fraction of sp³-hybridized carbons (Fsp3) is 0.429. The van der Waals surface area contributed by atoms with Crippen molar-refractivity contribution in [1.29, 1.82) is 0 Å². The Kier molecular flexibility index (Phi) is 3.86. The summed E-state index contributed by atoms with van der Waals surface area (Å²) in [5.74, 6) is 0.876. The Morgan fingerprint density at radius 2 is 2.16 bits per heavy atom. The molecule has 0 spiro atoms. The minimum absolute atomic E-state index is 0.719. The highest BCUT2D eigenvalue weighted by Gasteiger charge is 2.08. The first-order valence-electron chi connectivity index (χ1n) is 6.67. The molecule has 0 bridgehead atoms. The topological polar surface area (TPSA) is 50.3 Å². The SMILES string of the molecule is c1ncc2ccc(OCCN3CCNCC3)cc2n1. The van der Waals surface area contributed by atoms with E-state index in [9.17, 15) is 0 Å². The maximum absolute atomic E-state index is 5.79. The first-order chi connectivity index (χ1) is 9.42. The Morgan fingerprint density at radius 3 is 3.05 bits per heavy atom. The van der Waals surface area contributed by atoms with Crippen molar-refractivity contribution in [3.8, 4) is 5.75 Å². The van der Waals surface area contributed by atoms with Crippen molar-refractivity contribution >= 4 is 10.9 Å². The zero-order valence-corrected chi connectivity index (χ0v) is 10.9. The normalized spacial score (nSPS) is 16.6. The number of rotatable bonds is 4. The molecule has 2 heterocycles. The standard InChI is InChI=1S/C14H18N4O/c1-2-13(9-14-12(1)10-16-11-17-14)19-8-7-18-5-3-15-4-6-18/h1-2,9-11,15H,3-8H2. The van der Waals surface area contributed by atoms with E-state index in [4.69, 9.17) is 4.74 Å². The molecule has 5 nitrogen and oxygen atoms in total. The summed E-state index contributed by atoms with van der Waals surface area (Å²) in [7, 11) is 0. The van der Waals surface area contributed by atoms with E-state index in [1.807, 2.05) is 24.4 Å². The van der Waals surface area contributed by atoms with Gasteiger partial charge in [-0.3, -0.25) is 4.90 Å². The van der Waals surface area contributed by atoms with Gasteiger partial charge in [-0.15, -0.1) is 0 Å². The maximum Gasteiger partial charge on any atom is 0.121 e. The number of piperazine rings is 1. The molecular weight excluding hydrogens is 240 g/mol. The van der Waals surface area contributed by atoms with E-state index in [0.717, 1.165) is 56.0 Å². The summed E-state index contributed by atoms with van der Waals surface area (Å²) < 4.78 is 5.79. The predicted molar refractivity (Wildman–Crippen MR) is 74.3 cm³/mol. The third-order valence-corrected chi connectivity index (χ3v) is 3.36. The Hall–Kier alpha value is -1.72. The van der Waals surface area contributed by atoms with Gasteiger partial charge in [-0.25, -0.2) is 9.97 Å². The van der Waals surface area contributed by atoms with Crippen molar-refractivity contribution < 1.29 is 4.74 Å². The van der Waals surface area contributed by atoms with Gasteiger partial charge in [-0.2, -0.15) is 0 Å². The molecule has 3 rings (SSSR count). The van der Waals surface area contributed by atoms with Crippen molar-refractivity contribution in [3.05, 3.63) is 30.7 Å². The fourth-order valence-corrected chi connectivity index (χ4v) is 2.27. The van der Waals surface area contributed by atoms with E-state index in [0.29, 0.717) is 0 Å². The number of hydrogen-bond acceptors (Lipinski definition) is 5. The van der Waals surface area contributed by atoms with Crippen LogP contribution in [0, 0.1) is 0 Å². The lowest BCUT2D eigenvalue weighted by Gasteiger charge is -2.26. The molecule has 1 aromatic heterocycles. The van der Waals surface area contributed by atoms with Gasteiger partial charge in [0.25, 0.3) is 0 Å². The number of benzene rings is 1. The minimum Gasteiger partial charge on any atom is -0.492 e. The van der Waals surface area contributed by atoms with Crippen LogP contribution in [-0.2, 0) is 0 Å². The van der Waals surface area contributed by atoms with Gasteiger partial charge < -0.3 is 10.1 Å². The Morgan fingerprint density at radius 1 is 1.26 bits per heavy atom. The van der Waals surface area contributed by atoms with Crippen molar-refractivity contribution in [1.82, 2.24) is 20.2 Å². The van der Waals surface area contributed by atoms with Crippen LogP contribution in [0.25, 0.3) is 10.9 Å². The molecule has 1 aromatic carbocycles. The minimum atomic E-state index is 0.719. The zero-order valence-electron chi connectivity index (χ0n) is 10.9. The smallest absolute Gasteiger partial charge is 0.121 e. The molecule has 1 fully saturated rings. The molecule has 19 heavy (non-hydrogen) atoms. The summed E-state index contributed by atoms with van der Waals surface area (Å²) in [6.45, 7) is 6.06. The van der Waals surface area contributed by atoms with Crippen LogP contribution >= 0.6 is 0 Å². The highest BCUT2D eigenvalue weighted by molar-refractivity contribution is 5.78. The van der Waals surface area contributed by atoms with E-state index in [1.54, 1.807) is 6.33 Å². The molecule has 100 valence electrons. The summed E-state index contributed by atoms with van der Waals surface area (Å²) >= 11 is 0. The number of ether oxygens (including phenoxy) is 1. The Balaban J connectivity index is 1.56. The number of nitrogens with one attached hydrogen (secondary N) is 1. The zero-order chi connectivity index (χ0) is 12.9. The third-order valence-electron chi connectivity index (χ3n) is 3.36. The van der Waals surface area contributed by atoms with E-state index < -0.39 is 0 Å². The predicted octanol–water partition coefficient (Wildman–Crippen LogP) is 0.914. The van der Waals surface area contributed by atoms with Crippen molar-refractivity contribution in [2.75, 3.05) is 39.3 Å². The van der Waals surface area contributed by atoms with Gasteiger partial charge >= 0.3 is 0 Å². The van der Waals surface area contributed by atoms with Crippen molar-refractivity contribution in [2.45, 2.75) is 0 Å². The number of aromatic nitrogens is 2. The Bertz CT molecular complexity index is 540. The molecular formula is C14H18N4O. The molecule has 0 saturated carbocycles. The maximum atomic E-state index is 5.79. The van der Waals surface area contributed by atoms with Crippen molar-refractivity contribution in [2.24, 2.45) is 0 Å². The highest BCUT2D eigenvalue weighted by Crippen LogP contribution is 2.17. The van der Waals surface area contributed by atoms with E-state index in [2.05, 4.69) is 20.2 Å². The molecule has 1 aliphatic heterocycles. The molecule has 0 unspecified atom stereocenters. The van der Waals surface area contributed by atoms with Crippen LogP contribution in [0.15, 0.2) is 30.7 Å². The van der Waals surface area contributed by atoms with Crippen LogP contribution in [0.4, 0.5) is 0 Å². The van der Waals surface area contributed by atoms with Gasteiger partial charge in [0.05, 0.1) is 5.52 Å². The average molecular weight is 258 g/mol. The average Bonchev–Trinajstić information content (AvgIpc) is 2.48. The monoisotopic (exact) mass is 258 g/mol. The summed E-state index contributed by atoms with van der Waals surface area (Å²) in [5.41, 5.74) is 0.926. The summed E-state index contributed by atoms with van der Waals surface area (Å²) in [5, 5.41) is 4.39. The lowest BCUT2D eigenvalue weighted by Crippen LogP contribution is -2.44. The van der Waals surface area contributed by atoms with E-state index in [1.165, 1.54) is 0 Å². The van der Waals surface area contributed by atoms with Gasteiger partial charge in [0.2, 0.25) is 0 Å². The first kappa shape index (κ1) is 12.3. The van der Waals surface area contributed by atoms with Crippen LogP contribution in [0.5, 0.6) is 5.75 Å². The molecule has 0 radical (unpaired) electrons. The molecule has 0 atom stereocenters. The first-order valence-corrected chi connectivity index (χ1v) is 6.67. The second-order valence-electron chi connectivity index (χ2n) is 4.68. The van der Waals surface area contributed by atoms with E-state index in [-0.39, 0.29) is 0 Å². The summed E-state index contributed by atoms with van der Waals surface area (Å²) in [6, 6.07) is 5.94. The lowest BCUT2D eigenvalue weighted by molar-refractivity contribution is 0.191. The van der Waals surface area contributed by atoms with Gasteiger partial charge in [-0.05, 0) is 12.1 Å². The molecule has 0 amide bonds. The number of hydrogen-bond donors (Lipinski definition) is 1. The van der Waals surface area contributed by atoms with Gasteiger partial charge in [-0.1, -0.05) is 0 Å². The van der Waals surface area contributed by atoms with Gasteiger partial charge in [0.1, 0.15) is 18.7 Å². The van der Waals surface area contributed by atoms with E-state index >= 15 is 0 Å². The van der Waals surface area contributed by atoms with Gasteiger partial charge in [0.15, 0.2) is 0 Å². The second kappa shape index (κ2) is 5.95. The van der Waals surface area contributed by atoms with Crippen molar-refractivity contribution in [3.63, 3.8) is 0 Å². The van der Waals surface area contributed by atoms with Gasteiger partial charge in [0, 0.05) is 50.4 Å². The fourth-order valence-electron chi connectivity index (χ4n) is 2.27. The van der Waals surface area contributed by atoms with Crippen LogP contribution < -0.4 is 10.1 Å². The van der Waals surface area contributed by atoms with Crippen LogP contribution in [0.3, 0.4) is 0 Å². The number of nitrogens with zero attached hydrogens (tertiary/aromatic N) is 3. The number of fused-ring (bicyclic) bond motifs is 1. The van der Waals surface area contributed by atoms with Crippen LogP contribution in [-0.4, -0.2) is 54.2 Å².